The Balaban J connectivity index is 3.06. The standard InChI is InChI=1S/C10H12N2O3/c1-14-10-5-9(13)8(6-11)4-7(10)2-3-15-12/h4-5,13H,2-3,12H2,1H3. The van der Waals surface area contributed by atoms with Crippen molar-refractivity contribution in [3.8, 4) is 17.6 Å². The molecular weight excluding hydrogens is 196 g/mol. The molecule has 0 aromatic heterocycles. The number of nitriles is 1. The van der Waals surface area contributed by atoms with Crippen LogP contribution in [0.2, 0.25) is 0 Å². The van der Waals surface area contributed by atoms with Crippen LogP contribution in [0.3, 0.4) is 0 Å². The van der Waals surface area contributed by atoms with Gasteiger partial charge in [0.2, 0.25) is 0 Å². The van der Waals surface area contributed by atoms with Gasteiger partial charge in [0.1, 0.15) is 17.6 Å². The van der Waals surface area contributed by atoms with Gasteiger partial charge < -0.3 is 14.7 Å². The Labute approximate surface area is 87.6 Å². The first-order valence-electron chi connectivity index (χ1n) is 4.34. The van der Waals surface area contributed by atoms with Crippen molar-refractivity contribution in [2.45, 2.75) is 6.42 Å². The molecule has 0 saturated heterocycles. The van der Waals surface area contributed by atoms with E-state index in [9.17, 15) is 5.11 Å². The fourth-order valence-electron chi connectivity index (χ4n) is 1.26. The number of methoxy groups -OCH3 is 1. The van der Waals surface area contributed by atoms with E-state index in [0.717, 1.165) is 5.56 Å². The molecule has 0 spiro atoms. The lowest BCUT2D eigenvalue weighted by Gasteiger charge is -2.09. The maximum atomic E-state index is 9.41. The summed E-state index contributed by atoms with van der Waals surface area (Å²) >= 11 is 0. The van der Waals surface area contributed by atoms with Gasteiger partial charge in [0.05, 0.1) is 19.3 Å². The van der Waals surface area contributed by atoms with Crippen LogP contribution in [0.1, 0.15) is 11.1 Å². The van der Waals surface area contributed by atoms with Crippen LogP contribution in [0, 0.1) is 11.3 Å². The molecule has 3 N–H and O–H groups in total. The van der Waals surface area contributed by atoms with E-state index in [1.165, 1.54) is 13.2 Å². The summed E-state index contributed by atoms with van der Waals surface area (Å²) in [6.45, 7) is 0.325. The molecule has 0 fully saturated rings. The van der Waals surface area contributed by atoms with Gasteiger partial charge in [-0.3, -0.25) is 0 Å². The zero-order valence-electron chi connectivity index (χ0n) is 8.36. The van der Waals surface area contributed by atoms with Crippen molar-refractivity contribution in [3.05, 3.63) is 23.3 Å². The van der Waals surface area contributed by atoms with E-state index >= 15 is 0 Å². The molecule has 5 heteroatoms. The number of benzene rings is 1. The number of hydrogen-bond donors (Lipinski definition) is 2. The Bertz CT molecular complexity index is 385. The summed E-state index contributed by atoms with van der Waals surface area (Å²) in [6.07, 6.45) is 0.522. The second kappa shape index (κ2) is 5.20. The first kappa shape index (κ1) is 11.3. The Hall–Kier alpha value is -1.77. The van der Waals surface area contributed by atoms with Crippen LogP contribution in [-0.2, 0) is 11.3 Å². The maximum Gasteiger partial charge on any atom is 0.137 e. The van der Waals surface area contributed by atoms with E-state index in [2.05, 4.69) is 4.84 Å². The van der Waals surface area contributed by atoms with Crippen molar-refractivity contribution in [1.29, 1.82) is 5.26 Å². The van der Waals surface area contributed by atoms with Crippen LogP contribution in [0.4, 0.5) is 0 Å². The number of hydrogen-bond acceptors (Lipinski definition) is 5. The fourth-order valence-corrected chi connectivity index (χ4v) is 1.26. The molecule has 0 heterocycles. The van der Waals surface area contributed by atoms with Crippen molar-refractivity contribution >= 4 is 0 Å². The van der Waals surface area contributed by atoms with Gasteiger partial charge in [-0.1, -0.05) is 0 Å². The summed E-state index contributed by atoms with van der Waals surface area (Å²) in [4.78, 5) is 4.45. The third kappa shape index (κ3) is 2.59. The minimum atomic E-state index is -0.0910. The minimum absolute atomic E-state index is 0.0910. The largest absolute Gasteiger partial charge is 0.506 e. The zero-order chi connectivity index (χ0) is 11.3. The van der Waals surface area contributed by atoms with Crippen LogP contribution in [-0.4, -0.2) is 18.8 Å². The molecule has 0 aliphatic carbocycles. The first-order chi connectivity index (χ1) is 7.22. The van der Waals surface area contributed by atoms with Gasteiger partial charge in [-0.05, 0) is 11.6 Å². The van der Waals surface area contributed by atoms with E-state index in [0.29, 0.717) is 18.8 Å². The second-order valence-corrected chi connectivity index (χ2v) is 2.91. The lowest BCUT2D eigenvalue weighted by atomic mass is 10.1. The Kier molecular flexibility index (Phi) is 3.92. The third-order valence-corrected chi connectivity index (χ3v) is 2.01. The van der Waals surface area contributed by atoms with E-state index in [1.54, 1.807) is 6.07 Å². The average molecular weight is 208 g/mol. The van der Waals surface area contributed by atoms with Crippen LogP contribution >= 0.6 is 0 Å². The van der Waals surface area contributed by atoms with Crippen molar-refractivity contribution < 1.29 is 14.7 Å². The number of phenolic OH excluding ortho intramolecular Hbond substituents is 1. The van der Waals surface area contributed by atoms with Gasteiger partial charge in [-0.25, -0.2) is 5.90 Å². The van der Waals surface area contributed by atoms with Gasteiger partial charge in [-0.15, -0.1) is 0 Å². The normalized spacial score (nSPS) is 9.67. The summed E-state index contributed by atoms with van der Waals surface area (Å²) in [7, 11) is 1.49. The molecule has 0 radical (unpaired) electrons. The van der Waals surface area contributed by atoms with Gasteiger partial charge >= 0.3 is 0 Å². The molecule has 5 nitrogen and oxygen atoms in total. The van der Waals surface area contributed by atoms with Crippen LogP contribution in [0.25, 0.3) is 0 Å². The first-order valence-corrected chi connectivity index (χ1v) is 4.34. The predicted molar refractivity (Wildman–Crippen MR) is 53.2 cm³/mol. The molecule has 0 aliphatic heterocycles. The highest BCUT2D eigenvalue weighted by molar-refractivity contribution is 5.51. The summed E-state index contributed by atoms with van der Waals surface area (Å²) in [5, 5.41) is 18.1. The molecule has 0 atom stereocenters. The topological polar surface area (TPSA) is 88.5 Å². The summed E-state index contributed by atoms with van der Waals surface area (Å²) in [5.41, 5.74) is 0.986. The Morgan fingerprint density at radius 3 is 2.80 bits per heavy atom. The summed E-state index contributed by atoms with van der Waals surface area (Å²) in [6, 6.07) is 4.86. The van der Waals surface area contributed by atoms with Crippen LogP contribution in [0.5, 0.6) is 11.5 Å². The summed E-state index contributed by atoms with van der Waals surface area (Å²) in [5.74, 6) is 5.34. The number of ether oxygens (including phenoxy) is 1. The zero-order valence-corrected chi connectivity index (χ0v) is 8.36. The van der Waals surface area contributed by atoms with Crippen molar-refractivity contribution in [2.24, 2.45) is 5.90 Å². The number of rotatable bonds is 4. The molecule has 0 bridgehead atoms. The number of nitrogens with zero attached hydrogens (tertiary/aromatic N) is 1. The van der Waals surface area contributed by atoms with E-state index < -0.39 is 0 Å². The van der Waals surface area contributed by atoms with Crippen LogP contribution in [0.15, 0.2) is 12.1 Å². The van der Waals surface area contributed by atoms with Crippen molar-refractivity contribution in [2.75, 3.05) is 13.7 Å². The van der Waals surface area contributed by atoms with Gasteiger partial charge in [-0.2, -0.15) is 5.26 Å². The smallest absolute Gasteiger partial charge is 0.137 e. The fraction of sp³-hybridized carbons (Fsp3) is 0.300. The molecular formula is C10H12N2O3. The molecule has 1 aromatic rings. The molecule has 15 heavy (non-hydrogen) atoms. The number of nitrogens with two attached hydrogens (primary N) is 1. The Morgan fingerprint density at radius 1 is 1.53 bits per heavy atom. The monoisotopic (exact) mass is 208 g/mol. The lowest BCUT2D eigenvalue weighted by molar-refractivity contribution is 0.140. The molecule has 1 rings (SSSR count). The highest BCUT2D eigenvalue weighted by Crippen LogP contribution is 2.27. The molecule has 1 aromatic carbocycles. The number of aromatic hydroxyl groups is 1. The van der Waals surface area contributed by atoms with Crippen LogP contribution < -0.4 is 10.6 Å². The molecule has 0 saturated carbocycles. The number of phenols is 1. The van der Waals surface area contributed by atoms with Gasteiger partial charge in [0.15, 0.2) is 0 Å². The highest BCUT2D eigenvalue weighted by Gasteiger charge is 2.09. The molecule has 80 valence electrons. The van der Waals surface area contributed by atoms with E-state index in [-0.39, 0.29) is 11.3 Å². The predicted octanol–water partition coefficient (Wildman–Crippen LogP) is 0.705. The minimum Gasteiger partial charge on any atom is -0.506 e. The SMILES string of the molecule is COc1cc(O)c(C#N)cc1CCON. The maximum absolute atomic E-state index is 9.41. The van der Waals surface area contributed by atoms with E-state index in [4.69, 9.17) is 15.9 Å². The van der Waals surface area contributed by atoms with Crippen molar-refractivity contribution in [1.82, 2.24) is 0 Å². The van der Waals surface area contributed by atoms with Crippen molar-refractivity contribution in [3.63, 3.8) is 0 Å². The second-order valence-electron chi connectivity index (χ2n) is 2.91. The molecule has 0 amide bonds. The Morgan fingerprint density at radius 2 is 2.27 bits per heavy atom. The average Bonchev–Trinajstić information content (AvgIpc) is 2.26. The highest BCUT2D eigenvalue weighted by atomic mass is 16.6. The lowest BCUT2D eigenvalue weighted by Crippen LogP contribution is -2.05. The molecule has 0 aliphatic rings. The molecule has 0 unspecified atom stereocenters. The third-order valence-electron chi connectivity index (χ3n) is 2.01. The van der Waals surface area contributed by atoms with Gasteiger partial charge in [0, 0.05) is 12.5 Å². The quantitative estimate of drug-likeness (QED) is 0.711. The van der Waals surface area contributed by atoms with Gasteiger partial charge in [0.25, 0.3) is 0 Å². The summed E-state index contributed by atoms with van der Waals surface area (Å²) < 4.78 is 5.06. The van der Waals surface area contributed by atoms with E-state index in [1.807, 2.05) is 6.07 Å².